The minimum absolute atomic E-state index is 0.270. The van der Waals surface area contributed by atoms with Gasteiger partial charge < -0.3 is 4.74 Å². The Morgan fingerprint density at radius 1 is 1.42 bits per heavy atom. The summed E-state index contributed by atoms with van der Waals surface area (Å²) in [5.74, 6) is 0.353. The maximum absolute atomic E-state index is 12.9. The highest BCUT2D eigenvalue weighted by molar-refractivity contribution is 9.10. The molecule has 3 heteroatoms. The predicted octanol–water partition coefficient (Wildman–Crippen LogP) is 3.13. The van der Waals surface area contributed by atoms with Gasteiger partial charge in [0.25, 0.3) is 0 Å². The summed E-state index contributed by atoms with van der Waals surface area (Å²) >= 11 is 3.08. The number of hydrogen-bond donors (Lipinski definition) is 0. The van der Waals surface area contributed by atoms with Crippen molar-refractivity contribution in [3.05, 3.63) is 28.5 Å². The van der Waals surface area contributed by atoms with Crippen molar-refractivity contribution in [2.75, 3.05) is 0 Å². The zero-order valence-corrected chi connectivity index (χ0v) is 7.97. The standard InChI is InChI=1S/C9H8BrFO/c10-8-4-3-7(5-9(8)11)12-6-1-2-6/h3-6H,1-2H2. The quantitative estimate of drug-likeness (QED) is 0.759. The van der Waals surface area contributed by atoms with Gasteiger partial charge in [0.2, 0.25) is 0 Å². The lowest BCUT2D eigenvalue weighted by atomic mass is 10.3. The fourth-order valence-corrected chi connectivity index (χ4v) is 1.18. The predicted molar refractivity (Wildman–Crippen MR) is 47.8 cm³/mol. The molecule has 0 radical (unpaired) electrons. The van der Waals surface area contributed by atoms with Crippen LogP contribution in [-0.2, 0) is 0 Å². The van der Waals surface area contributed by atoms with Crippen LogP contribution >= 0.6 is 15.9 Å². The number of benzene rings is 1. The normalized spacial score (nSPS) is 16.2. The van der Waals surface area contributed by atoms with Gasteiger partial charge >= 0.3 is 0 Å². The third kappa shape index (κ3) is 1.78. The van der Waals surface area contributed by atoms with E-state index in [1.54, 1.807) is 12.1 Å². The number of halogens is 2. The van der Waals surface area contributed by atoms with Crippen molar-refractivity contribution in [3.8, 4) is 5.75 Å². The van der Waals surface area contributed by atoms with Gasteiger partial charge in [-0.2, -0.15) is 0 Å². The maximum atomic E-state index is 12.9. The van der Waals surface area contributed by atoms with Crippen LogP contribution in [0.2, 0.25) is 0 Å². The molecule has 1 saturated carbocycles. The first-order chi connectivity index (χ1) is 5.75. The second kappa shape index (κ2) is 3.05. The minimum atomic E-state index is -0.270. The molecule has 0 aliphatic heterocycles. The van der Waals surface area contributed by atoms with E-state index >= 15 is 0 Å². The van der Waals surface area contributed by atoms with Gasteiger partial charge in [-0.05, 0) is 40.9 Å². The van der Waals surface area contributed by atoms with Gasteiger partial charge in [0.05, 0.1) is 10.6 Å². The van der Waals surface area contributed by atoms with Crippen molar-refractivity contribution >= 4 is 15.9 Å². The summed E-state index contributed by atoms with van der Waals surface area (Å²) in [5.41, 5.74) is 0. The van der Waals surface area contributed by atoms with E-state index in [-0.39, 0.29) is 5.82 Å². The molecule has 1 fully saturated rings. The summed E-state index contributed by atoms with van der Waals surface area (Å²) < 4.78 is 18.8. The molecule has 12 heavy (non-hydrogen) atoms. The van der Waals surface area contributed by atoms with Crippen molar-refractivity contribution in [3.63, 3.8) is 0 Å². The molecule has 64 valence electrons. The van der Waals surface area contributed by atoms with Crippen molar-refractivity contribution < 1.29 is 9.13 Å². The molecule has 0 N–H and O–H groups in total. The van der Waals surface area contributed by atoms with E-state index < -0.39 is 0 Å². The molecule has 0 unspecified atom stereocenters. The molecular formula is C9H8BrFO. The van der Waals surface area contributed by atoms with Crippen LogP contribution in [0.3, 0.4) is 0 Å². The van der Waals surface area contributed by atoms with Crippen LogP contribution in [-0.4, -0.2) is 6.10 Å². The average molecular weight is 231 g/mol. The second-order valence-electron chi connectivity index (χ2n) is 2.89. The highest BCUT2D eigenvalue weighted by Gasteiger charge is 2.23. The lowest BCUT2D eigenvalue weighted by Gasteiger charge is -2.03. The molecule has 2 rings (SSSR count). The Kier molecular flexibility index (Phi) is 2.05. The third-order valence-electron chi connectivity index (χ3n) is 1.72. The Morgan fingerprint density at radius 2 is 2.17 bits per heavy atom. The molecule has 1 aliphatic rings. The third-order valence-corrected chi connectivity index (χ3v) is 2.36. The topological polar surface area (TPSA) is 9.23 Å². The fourth-order valence-electron chi connectivity index (χ4n) is 0.929. The van der Waals surface area contributed by atoms with Gasteiger partial charge in [-0.3, -0.25) is 0 Å². The summed E-state index contributed by atoms with van der Waals surface area (Å²) in [6, 6.07) is 4.83. The molecule has 0 atom stereocenters. The molecule has 0 saturated heterocycles. The van der Waals surface area contributed by atoms with Gasteiger partial charge in [-0.25, -0.2) is 4.39 Å². The van der Waals surface area contributed by atoms with Gasteiger partial charge in [0.15, 0.2) is 0 Å². The highest BCUT2D eigenvalue weighted by atomic mass is 79.9. The van der Waals surface area contributed by atoms with E-state index in [2.05, 4.69) is 15.9 Å². The SMILES string of the molecule is Fc1cc(OC2CC2)ccc1Br. The monoisotopic (exact) mass is 230 g/mol. The van der Waals surface area contributed by atoms with Crippen LogP contribution in [0.15, 0.2) is 22.7 Å². The van der Waals surface area contributed by atoms with Crippen LogP contribution < -0.4 is 4.74 Å². The molecule has 1 nitrogen and oxygen atoms in total. The van der Waals surface area contributed by atoms with Crippen molar-refractivity contribution in [1.29, 1.82) is 0 Å². The molecule has 1 aromatic rings. The van der Waals surface area contributed by atoms with E-state index in [1.807, 2.05) is 0 Å². The molecular weight excluding hydrogens is 223 g/mol. The second-order valence-corrected chi connectivity index (χ2v) is 3.75. The lowest BCUT2D eigenvalue weighted by Crippen LogP contribution is -1.95. The first-order valence-electron chi connectivity index (χ1n) is 3.87. The summed E-state index contributed by atoms with van der Waals surface area (Å²) in [6.07, 6.45) is 2.51. The molecule has 0 spiro atoms. The zero-order valence-electron chi connectivity index (χ0n) is 6.39. The van der Waals surface area contributed by atoms with Crippen LogP contribution in [0.25, 0.3) is 0 Å². The number of ether oxygens (including phenoxy) is 1. The van der Waals surface area contributed by atoms with Crippen LogP contribution in [0.4, 0.5) is 4.39 Å². The Balaban J connectivity index is 2.15. The molecule has 0 bridgehead atoms. The molecule has 0 heterocycles. The van der Waals surface area contributed by atoms with Crippen molar-refractivity contribution in [2.45, 2.75) is 18.9 Å². The molecule has 1 aromatic carbocycles. The van der Waals surface area contributed by atoms with Crippen molar-refractivity contribution in [1.82, 2.24) is 0 Å². The van der Waals surface area contributed by atoms with Crippen molar-refractivity contribution in [2.24, 2.45) is 0 Å². The Morgan fingerprint density at radius 3 is 2.75 bits per heavy atom. The van der Waals surface area contributed by atoms with Crippen LogP contribution in [0.5, 0.6) is 5.75 Å². The minimum Gasteiger partial charge on any atom is -0.490 e. The van der Waals surface area contributed by atoms with E-state index in [4.69, 9.17) is 4.74 Å². The fraction of sp³-hybridized carbons (Fsp3) is 0.333. The summed E-state index contributed by atoms with van der Waals surface area (Å²) in [5, 5.41) is 0. The summed E-state index contributed by atoms with van der Waals surface area (Å²) in [7, 11) is 0. The van der Waals surface area contributed by atoms with Gasteiger partial charge in [-0.15, -0.1) is 0 Å². The lowest BCUT2D eigenvalue weighted by molar-refractivity contribution is 0.301. The Labute approximate surface area is 78.7 Å². The smallest absolute Gasteiger partial charge is 0.141 e. The first-order valence-corrected chi connectivity index (χ1v) is 4.67. The van der Waals surface area contributed by atoms with Gasteiger partial charge in [-0.1, -0.05) is 0 Å². The maximum Gasteiger partial charge on any atom is 0.141 e. The van der Waals surface area contributed by atoms with E-state index in [9.17, 15) is 4.39 Å². The number of rotatable bonds is 2. The van der Waals surface area contributed by atoms with Crippen LogP contribution in [0, 0.1) is 5.82 Å². The average Bonchev–Trinajstić information content (AvgIpc) is 2.81. The molecule has 0 aromatic heterocycles. The Bertz CT molecular complexity index is 297. The van der Waals surface area contributed by atoms with E-state index in [0.29, 0.717) is 16.3 Å². The van der Waals surface area contributed by atoms with Crippen LogP contribution in [0.1, 0.15) is 12.8 Å². The molecule has 1 aliphatic carbocycles. The Hall–Kier alpha value is -0.570. The van der Waals surface area contributed by atoms with Gasteiger partial charge in [0, 0.05) is 6.07 Å². The van der Waals surface area contributed by atoms with Gasteiger partial charge in [0.1, 0.15) is 11.6 Å². The first kappa shape index (κ1) is 8.05. The summed E-state index contributed by atoms with van der Waals surface area (Å²) in [6.45, 7) is 0. The largest absolute Gasteiger partial charge is 0.490 e. The van der Waals surface area contributed by atoms with E-state index in [0.717, 1.165) is 12.8 Å². The zero-order chi connectivity index (χ0) is 8.55. The highest BCUT2D eigenvalue weighted by Crippen LogP contribution is 2.28. The summed E-state index contributed by atoms with van der Waals surface area (Å²) in [4.78, 5) is 0. The number of hydrogen-bond acceptors (Lipinski definition) is 1. The van der Waals surface area contributed by atoms with E-state index in [1.165, 1.54) is 6.07 Å². The molecule has 0 amide bonds.